The number of ketones is 1. The van der Waals surface area contributed by atoms with Gasteiger partial charge in [0.05, 0.1) is 17.4 Å². The summed E-state index contributed by atoms with van der Waals surface area (Å²) in [6.45, 7) is 6.16. The number of nitrogens with one attached hydrogen (secondary N) is 2. The molecular weight excluding hydrogens is 652 g/mol. The van der Waals surface area contributed by atoms with Crippen LogP contribution in [0.2, 0.25) is 0 Å². The molecule has 3 aliphatic rings. The Morgan fingerprint density at radius 3 is 2.27 bits per heavy atom. The van der Waals surface area contributed by atoms with Gasteiger partial charge in [0, 0.05) is 68.0 Å². The van der Waals surface area contributed by atoms with Gasteiger partial charge in [-0.05, 0) is 81.5 Å². The van der Waals surface area contributed by atoms with Crippen LogP contribution in [-0.4, -0.2) is 81.1 Å². The average molecular weight is 695 g/mol. The summed E-state index contributed by atoms with van der Waals surface area (Å²) < 4.78 is 7.16. The summed E-state index contributed by atoms with van der Waals surface area (Å²) in [6.07, 6.45) is 9.52. The first kappa shape index (κ1) is 34.2. The molecule has 0 bridgehead atoms. The number of pyridine rings is 2. The van der Waals surface area contributed by atoms with Crippen LogP contribution in [0.3, 0.4) is 0 Å². The van der Waals surface area contributed by atoms with Crippen molar-refractivity contribution in [3.63, 3.8) is 0 Å². The SMILES string of the molecule is CC(=O)c1c(C)c2cnc(Nc3ccc(N4CCN(C(=O)c5ccc(C(=O)NOC6CCCCO6)cc5)CC4)cn3)nc2n(C2CCCC2)c1=O. The second-order valence-electron chi connectivity index (χ2n) is 13.3. The number of hydrogen-bond acceptors (Lipinski definition) is 11. The van der Waals surface area contributed by atoms with Crippen molar-refractivity contribution in [2.24, 2.45) is 0 Å². The van der Waals surface area contributed by atoms with Crippen molar-refractivity contribution < 1.29 is 24.0 Å². The fourth-order valence-electron chi connectivity index (χ4n) is 7.17. The van der Waals surface area contributed by atoms with Crippen molar-refractivity contribution in [1.29, 1.82) is 0 Å². The number of aryl methyl sites for hydroxylation is 1. The first-order valence-electron chi connectivity index (χ1n) is 17.6. The van der Waals surface area contributed by atoms with E-state index in [2.05, 4.69) is 25.7 Å². The Hall–Kier alpha value is -5.21. The van der Waals surface area contributed by atoms with E-state index >= 15 is 0 Å². The number of piperazine rings is 1. The van der Waals surface area contributed by atoms with E-state index in [9.17, 15) is 19.2 Å². The number of rotatable bonds is 9. The highest BCUT2D eigenvalue weighted by molar-refractivity contribution is 5.99. The number of Topliss-reactive ketones (excluding diaryl/α,β-unsaturated/α-hetero) is 1. The molecule has 5 heterocycles. The van der Waals surface area contributed by atoms with Crippen LogP contribution in [-0.2, 0) is 9.57 Å². The maximum absolute atomic E-state index is 13.5. The second-order valence-corrected chi connectivity index (χ2v) is 13.3. The number of aromatic nitrogens is 4. The van der Waals surface area contributed by atoms with Crippen molar-refractivity contribution in [1.82, 2.24) is 29.9 Å². The molecule has 7 rings (SSSR count). The maximum atomic E-state index is 13.5. The molecule has 1 aliphatic carbocycles. The number of anilines is 3. The maximum Gasteiger partial charge on any atom is 0.274 e. The summed E-state index contributed by atoms with van der Waals surface area (Å²) in [5.41, 5.74) is 5.30. The normalized spacial score (nSPS) is 18.2. The van der Waals surface area contributed by atoms with Crippen LogP contribution < -0.4 is 21.3 Å². The number of benzene rings is 1. The van der Waals surface area contributed by atoms with Gasteiger partial charge in [0.2, 0.25) is 5.95 Å². The average Bonchev–Trinajstić information content (AvgIpc) is 3.69. The van der Waals surface area contributed by atoms with Crippen LogP contribution in [0.15, 0.2) is 53.6 Å². The Balaban J connectivity index is 0.960. The summed E-state index contributed by atoms with van der Waals surface area (Å²) >= 11 is 0. The molecular formula is C37H42N8O6. The highest BCUT2D eigenvalue weighted by Crippen LogP contribution is 2.32. The van der Waals surface area contributed by atoms with Crippen molar-refractivity contribution >= 4 is 46.1 Å². The summed E-state index contributed by atoms with van der Waals surface area (Å²) in [4.78, 5) is 74.8. The van der Waals surface area contributed by atoms with Gasteiger partial charge in [-0.1, -0.05) is 12.8 Å². The number of ether oxygens (including phenoxy) is 1. The van der Waals surface area contributed by atoms with Gasteiger partial charge in [0.1, 0.15) is 11.5 Å². The van der Waals surface area contributed by atoms with Crippen LogP contribution in [0.5, 0.6) is 0 Å². The summed E-state index contributed by atoms with van der Waals surface area (Å²) in [5.74, 6) is 0.126. The standard InChI is InChI=1S/C37H42N8O6/c1-23-29-22-39-37(41-33(29)45(27-7-3-4-8-27)36(49)32(23)24(2)46)40-30-15-14-28(21-38-30)43-16-18-44(19-17-43)35(48)26-12-10-25(11-13-26)34(47)42-51-31-9-5-6-20-50-31/h10-15,21-22,27,31H,3-9,16-20H2,1-2H3,(H,42,47)(H,38,39,40,41). The smallest absolute Gasteiger partial charge is 0.274 e. The summed E-state index contributed by atoms with van der Waals surface area (Å²) in [5, 5.41) is 3.86. The van der Waals surface area contributed by atoms with E-state index in [4.69, 9.17) is 14.6 Å². The van der Waals surface area contributed by atoms with E-state index in [1.54, 1.807) is 48.1 Å². The van der Waals surface area contributed by atoms with Gasteiger partial charge in [-0.2, -0.15) is 4.98 Å². The zero-order chi connectivity index (χ0) is 35.5. The second kappa shape index (κ2) is 15.0. The minimum Gasteiger partial charge on any atom is -0.367 e. The van der Waals surface area contributed by atoms with E-state index in [0.29, 0.717) is 72.3 Å². The highest BCUT2D eigenvalue weighted by atomic mass is 16.8. The Morgan fingerprint density at radius 1 is 0.882 bits per heavy atom. The van der Waals surface area contributed by atoms with Crippen LogP contribution >= 0.6 is 0 Å². The molecule has 266 valence electrons. The third kappa shape index (κ3) is 7.33. The lowest BCUT2D eigenvalue weighted by molar-refractivity contribution is -0.186. The third-order valence-electron chi connectivity index (χ3n) is 9.99. The van der Waals surface area contributed by atoms with Crippen LogP contribution in [0.1, 0.15) is 94.5 Å². The minimum atomic E-state index is -0.434. The van der Waals surface area contributed by atoms with Gasteiger partial charge in [0.25, 0.3) is 17.4 Å². The van der Waals surface area contributed by atoms with Gasteiger partial charge in [-0.25, -0.2) is 20.3 Å². The number of amides is 2. The molecule has 14 nitrogen and oxygen atoms in total. The zero-order valence-electron chi connectivity index (χ0n) is 28.9. The topological polar surface area (TPSA) is 161 Å². The summed E-state index contributed by atoms with van der Waals surface area (Å²) in [7, 11) is 0. The van der Waals surface area contributed by atoms with Crippen molar-refractivity contribution in [2.75, 3.05) is 43.0 Å². The van der Waals surface area contributed by atoms with Gasteiger partial charge in [-0.3, -0.25) is 23.7 Å². The Labute approximate surface area is 295 Å². The Morgan fingerprint density at radius 2 is 1.61 bits per heavy atom. The number of fused-ring (bicyclic) bond motifs is 1. The predicted molar refractivity (Wildman–Crippen MR) is 190 cm³/mol. The molecule has 0 radical (unpaired) electrons. The quantitative estimate of drug-likeness (QED) is 0.185. The van der Waals surface area contributed by atoms with Gasteiger partial charge < -0.3 is 19.9 Å². The van der Waals surface area contributed by atoms with E-state index in [-0.39, 0.29) is 34.8 Å². The molecule has 1 unspecified atom stereocenters. The number of carbonyl (C=O) groups is 3. The lowest BCUT2D eigenvalue weighted by Gasteiger charge is -2.36. The Kier molecular flexibility index (Phi) is 10.0. The predicted octanol–water partition coefficient (Wildman–Crippen LogP) is 4.71. The number of hydroxylamine groups is 1. The molecule has 1 atom stereocenters. The molecule has 2 N–H and O–H groups in total. The largest absolute Gasteiger partial charge is 0.367 e. The van der Waals surface area contributed by atoms with E-state index < -0.39 is 6.29 Å². The number of carbonyl (C=O) groups excluding carboxylic acids is 3. The molecule has 14 heteroatoms. The number of nitrogens with zero attached hydrogens (tertiary/aromatic N) is 6. The van der Waals surface area contributed by atoms with Crippen molar-refractivity contribution in [3.8, 4) is 0 Å². The monoisotopic (exact) mass is 694 g/mol. The number of hydrogen-bond donors (Lipinski definition) is 2. The van der Waals surface area contributed by atoms with Gasteiger partial charge in [0.15, 0.2) is 12.1 Å². The lowest BCUT2D eigenvalue weighted by Crippen LogP contribution is -2.48. The molecule has 2 saturated heterocycles. The van der Waals surface area contributed by atoms with Crippen LogP contribution in [0.25, 0.3) is 11.0 Å². The molecule has 4 aromatic rings. The van der Waals surface area contributed by atoms with Crippen molar-refractivity contribution in [3.05, 3.63) is 81.4 Å². The van der Waals surface area contributed by atoms with Crippen LogP contribution in [0.4, 0.5) is 17.5 Å². The highest BCUT2D eigenvalue weighted by Gasteiger charge is 2.27. The molecule has 1 aromatic carbocycles. The Bertz CT molecular complexity index is 1980. The molecule has 1 saturated carbocycles. The zero-order valence-corrected chi connectivity index (χ0v) is 28.9. The molecule has 0 spiro atoms. The third-order valence-corrected chi connectivity index (χ3v) is 9.99. The molecule has 2 amide bonds. The fraction of sp³-hybridized carbons (Fsp3) is 0.432. The molecule has 3 aromatic heterocycles. The molecule has 3 fully saturated rings. The summed E-state index contributed by atoms with van der Waals surface area (Å²) in [6, 6.07) is 10.4. The van der Waals surface area contributed by atoms with E-state index in [0.717, 1.165) is 50.6 Å². The van der Waals surface area contributed by atoms with Crippen LogP contribution in [0, 0.1) is 6.92 Å². The van der Waals surface area contributed by atoms with Crippen molar-refractivity contribution in [2.45, 2.75) is 71.1 Å². The van der Waals surface area contributed by atoms with E-state index in [1.165, 1.54) is 6.92 Å². The molecule has 2 aliphatic heterocycles. The lowest BCUT2D eigenvalue weighted by atomic mass is 10.0. The molecule has 51 heavy (non-hydrogen) atoms. The van der Waals surface area contributed by atoms with Gasteiger partial charge >= 0.3 is 0 Å². The first-order valence-corrected chi connectivity index (χ1v) is 17.6. The fourth-order valence-corrected chi connectivity index (χ4v) is 7.17. The first-order chi connectivity index (χ1) is 24.8. The van der Waals surface area contributed by atoms with Gasteiger partial charge in [-0.15, -0.1) is 0 Å². The minimum absolute atomic E-state index is 0.00405. The van der Waals surface area contributed by atoms with E-state index in [1.807, 2.05) is 17.0 Å².